The third kappa shape index (κ3) is 1.25. The van der Waals surface area contributed by atoms with Gasteiger partial charge in [0, 0.05) is 4.47 Å². The Morgan fingerprint density at radius 3 is 3.00 bits per heavy atom. The number of aromatic amines is 1. The molecule has 2 rings (SSSR count). The maximum Gasteiger partial charge on any atom is 0.198 e. The van der Waals surface area contributed by atoms with Crippen LogP contribution in [0.25, 0.3) is 11.0 Å². The Balaban J connectivity index is 2.85. The van der Waals surface area contributed by atoms with Gasteiger partial charge in [-0.15, -0.1) is 0 Å². The van der Waals surface area contributed by atoms with Crippen LogP contribution in [0.15, 0.2) is 16.6 Å². The molecule has 1 heterocycles. The summed E-state index contributed by atoms with van der Waals surface area (Å²) in [5.74, 6) is 0.353. The first-order chi connectivity index (χ1) is 6.20. The number of fused-ring (bicyclic) bond motifs is 1. The zero-order valence-corrected chi connectivity index (χ0v) is 8.09. The number of nitriles is 1. The van der Waals surface area contributed by atoms with Gasteiger partial charge in [-0.2, -0.15) is 5.26 Å². The highest BCUT2D eigenvalue weighted by molar-refractivity contribution is 9.10. The molecule has 0 amide bonds. The van der Waals surface area contributed by atoms with E-state index in [4.69, 9.17) is 11.0 Å². The summed E-state index contributed by atoms with van der Waals surface area (Å²) in [6.07, 6.45) is 0. The lowest BCUT2D eigenvalue weighted by atomic mass is 10.2. The van der Waals surface area contributed by atoms with Crippen LogP contribution in [0.1, 0.15) is 5.56 Å². The van der Waals surface area contributed by atoms with Crippen LogP contribution in [-0.4, -0.2) is 9.97 Å². The number of benzene rings is 1. The average molecular weight is 237 g/mol. The van der Waals surface area contributed by atoms with Gasteiger partial charge in [0.15, 0.2) is 5.95 Å². The Morgan fingerprint density at radius 1 is 1.54 bits per heavy atom. The number of nitrogens with two attached hydrogens (primary N) is 1. The van der Waals surface area contributed by atoms with Gasteiger partial charge in [0.2, 0.25) is 0 Å². The van der Waals surface area contributed by atoms with Crippen LogP contribution in [-0.2, 0) is 0 Å². The summed E-state index contributed by atoms with van der Waals surface area (Å²) in [6, 6.07) is 5.45. The Hall–Kier alpha value is -1.54. The molecule has 3 N–H and O–H groups in total. The fourth-order valence-electron chi connectivity index (χ4n) is 1.15. The van der Waals surface area contributed by atoms with E-state index in [-0.39, 0.29) is 0 Å². The van der Waals surface area contributed by atoms with Crippen molar-refractivity contribution < 1.29 is 0 Å². The molecule has 2 aromatic rings. The zero-order valence-electron chi connectivity index (χ0n) is 6.50. The van der Waals surface area contributed by atoms with Crippen molar-refractivity contribution in [2.75, 3.05) is 5.73 Å². The third-order valence-electron chi connectivity index (χ3n) is 1.69. The zero-order chi connectivity index (χ0) is 9.42. The number of hydrogen-bond donors (Lipinski definition) is 2. The van der Waals surface area contributed by atoms with Crippen molar-refractivity contribution in [3.63, 3.8) is 0 Å². The van der Waals surface area contributed by atoms with Gasteiger partial charge >= 0.3 is 0 Å². The van der Waals surface area contributed by atoms with Gasteiger partial charge < -0.3 is 10.7 Å². The van der Waals surface area contributed by atoms with E-state index < -0.39 is 0 Å². The van der Waals surface area contributed by atoms with Crippen LogP contribution in [0, 0.1) is 11.3 Å². The molecule has 0 aliphatic heterocycles. The molecule has 5 heteroatoms. The molecule has 1 aromatic heterocycles. The van der Waals surface area contributed by atoms with Gasteiger partial charge in [0.25, 0.3) is 0 Å². The lowest BCUT2D eigenvalue weighted by molar-refractivity contribution is 1.35. The molecule has 0 saturated carbocycles. The van der Waals surface area contributed by atoms with E-state index >= 15 is 0 Å². The topological polar surface area (TPSA) is 78.5 Å². The van der Waals surface area contributed by atoms with E-state index in [1.54, 1.807) is 12.1 Å². The van der Waals surface area contributed by atoms with Gasteiger partial charge in [0.05, 0.1) is 22.7 Å². The second-order valence-electron chi connectivity index (χ2n) is 2.59. The molecule has 0 radical (unpaired) electrons. The van der Waals surface area contributed by atoms with E-state index in [0.717, 1.165) is 9.99 Å². The summed E-state index contributed by atoms with van der Waals surface area (Å²) in [5.41, 5.74) is 7.56. The van der Waals surface area contributed by atoms with E-state index in [0.29, 0.717) is 17.0 Å². The molecule has 0 bridgehead atoms. The summed E-state index contributed by atoms with van der Waals surface area (Å²) in [6.45, 7) is 0. The summed E-state index contributed by atoms with van der Waals surface area (Å²) >= 11 is 3.32. The van der Waals surface area contributed by atoms with Crippen molar-refractivity contribution in [1.82, 2.24) is 9.97 Å². The lowest BCUT2D eigenvalue weighted by Crippen LogP contribution is -1.84. The second kappa shape index (κ2) is 2.75. The summed E-state index contributed by atoms with van der Waals surface area (Å²) in [5, 5.41) is 8.69. The first-order valence-electron chi connectivity index (χ1n) is 3.55. The maximum absolute atomic E-state index is 8.69. The average Bonchev–Trinajstić information content (AvgIpc) is 2.46. The highest BCUT2D eigenvalue weighted by atomic mass is 79.9. The van der Waals surface area contributed by atoms with Crippen molar-refractivity contribution in [2.45, 2.75) is 0 Å². The number of anilines is 1. The largest absolute Gasteiger partial charge is 0.369 e. The highest BCUT2D eigenvalue weighted by Gasteiger charge is 2.05. The standard InChI is InChI=1S/C8H5BrN4/c9-5-1-4(3-10)2-6-7(5)13-8(11)12-6/h1-2H,(H3,11,12,13). The summed E-state index contributed by atoms with van der Waals surface area (Å²) in [7, 11) is 0. The number of aromatic nitrogens is 2. The molecule has 4 nitrogen and oxygen atoms in total. The van der Waals surface area contributed by atoms with Gasteiger partial charge in [0.1, 0.15) is 0 Å². The van der Waals surface area contributed by atoms with Gasteiger partial charge in [-0.3, -0.25) is 0 Å². The van der Waals surface area contributed by atoms with Crippen molar-refractivity contribution in [1.29, 1.82) is 5.26 Å². The number of nitrogens with zero attached hydrogens (tertiary/aromatic N) is 2. The number of imidazole rings is 1. The molecule has 0 saturated heterocycles. The Bertz CT molecular complexity index is 509. The Kier molecular flexibility index (Phi) is 1.71. The minimum atomic E-state index is 0.353. The highest BCUT2D eigenvalue weighted by Crippen LogP contribution is 2.24. The Morgan fingerprint density at radius 2 is 2.31 bits per heavy atom. The fraction of sp³-hybridized carbons (Fsp3) is 0. The monoisotopic (exact) mass is 236 g/mol. The molecule has 0 spiro atoms. The first kappa shape index (κ1) is 8.08. The molecule has 64 valence electrons. The number of H-pyrrole nitrogens is 1. The molecule has 0 atom stereocenters. The third-order valence-corrected chi connectivity index (χ3v) is 2.32. The van der Waals surface area contributed by atoms with Crippen molar-refractivity contribution in [2.24, 2.45) is 0 Å². The van der Waals surface area contributed by atoms with Crippen LogP contribution < -0.4 is 5.73 Å². The minimum Gasteiger partial charge on any atom is -0.369 e. The van der Waals surface area contributed by atoms with Crippen LogP contribution in [0.3, 0.4) is 0 Å². The van der Waals surface area contributed by atoms with Gasteiger partial charge in [-0.25, -0.2) is 4.98 Å². The smallest absolute Gasteiger partial charge is 0.198 e. The quantitative estimate of drug-likeness (QED) is 0.732. The normalized spacial score (nSPS) is 10.2. The maximum atomic E-state index is 8.69. The molecular formula is C8H5BrN4. The van der Waals surface area contributed by atoms with Gasteiger partial charge in [-0.05, 0) is 28.1 Å². The SMILES string of the molecule is N#Cc1cc(Br)c2[nH]c(N)nc2c1. The lowest BCUT2D eigenvalue weighted by Gasteiger charge is -1.92. The van der Waals surface area contributed by atoms with Crippen molar-refractivity contribution >= 4 is 32.9 Å². The number of halogens is 1. The van der Waals surface area contributed by atoms with Crippen LogP contribution in [0.5, 0.6) is 0 Å². The molecule has 0 aliphatic carbocycles. The number of rotatable bonds is 0. The Labute approximate surface area is 82.5 Å². The first-order valence-corrected chi connectivity index (χ1v) is 4.35. The van der Waals surface area contributed by atoms with E-state index in [1.807, 2.05) is 6.07 Å². The molecule has 13 heavy (non-hydrogen) atoms. The van der Waals surface area contributed by atoms with Crippen LogP contribution in [0.2, 0.25) is 0 Å². The van der Waals surface area contributed by atoms with Gasteiger partial charge in [-0.1, -0.05) is 0 Å². The van der Waals surface area contributed by atoms with Crippen LogP contribution >= 0.6 is 15.9 Å². The van der Waals surface area contributed by atoms with E-state index in [2.05, 4.69) is 25.9 Å². The predicted octanol–water partition coefficient (Wildman–Crippen LogP) is 1.78. The number of nitrogen functional groups attached to an aromatic ring is 1. The fourth-order valence-corrected chi connectivity index (χ4v) is 1.70. The minimum absolute atomic E-state index is 0.353. The summed E-state index contributed by atoms with van der Waals surface area (Å²) in [4.78, 5) is 6.91. The van der Waals surface area contributed by atoms with E-state index in [1.165, 1.54) is 0 Å². The van der Waals surface area contributed by atoms with Crippen LogP contribution in [0.4, 0.5) is 5.95 Å². The van der Waals surface area contributed by atoms with Crippen molar-refractivity contribution in [3.8, 4) is 6.07 Å². The molecule has 0 unspecified atom stereocenters. The number of nitrogens with one attached hydrogen (secondary N) is 1. The predicted molar refractivity (Wildman–Crippen MR) is 52.9 cm³/mol. The molecule has 1 aromatic carbocycles. The molecular weight excluding hydrogens is 232 g/mol. The second-order valence-corrected chi connectivity index (χ2v) is 3.44. The van der Waals surface area contributed by atoms with Crippen molar-refractivity contribution in [3.05, 3.63) is 22.2 Å². The number of hydrogen-bond acceptors (Lipinski definition) is 3. The van der Waals surface area contributed by atoms with E-state index in [9.17, 15) is 0 Å². The molecule has 0 aliphatic rings. The summed E-state index contributed by atoms with van der Waals surface area (Å²) < 4.78 is 0.797. The molecule has 0 fully saturated rings.